The predicted octanol–water partition coefficient (Wildman–Crippen LogP) is 8.83. The van der Waals surface area contributed by atoms with Crippen LogP contribution in [0.1, 0.15) is 55.7 Å². The van der Waals surface area contributed by atoms with Crippen LogP contribution in [-0.4, -0.2) is 26.9 Å². The van der Waals surface area contributed by atoms with Crippen LogP contribution >= 0.6 is 0 Å². The van der Waals surface area contributed by atoms with Gasteiger partial charge in [-0.2, -0.15) is 0 Å². The summed E-state index contributed by atoms with van der Waals surface area (Å²) in [6, 6.07) is 26.3. The Kier molecular flexibility index (Phi) is 7.20. The van der Waals surface area contributed by atoms with E-state index in [4.69, 9.17) is 4.67 Å². The standard InChI is InChI=1S/C39H33N4/c1-3-7-26(4-2)29-10-11-32-35(24-29)38(34-17-23-43-39(34)28-14-20-41-21-15-28)31-9-6-5-8-30(31)37(32)33-16-22-42-25-36(33)27-12-18-40-19-13-27/h5-6,8-26H,3-4,7H2,1-2H3/q+1. The lowest BCUT2D eigenvalue weighted by Gasteiger charge is -2.21. The predicted molar refractivity (Wildman–Crippen MR) is 180 cm³/mol. The summed E-state index contributed by atoms with van der Waals surface area (Å²) in [5.41, 5.74) is 10.4. The zero-order chi connectivity index (χ0) is 29.2. The van der Waals surface area contributed by atoms with Gasteiger partial charge in [0.1, 0.15) is 0 Å². The molecule has 0 aliphatic carbocycles. The molecule has 0 N–H and O–H groups in total. The molecule has 4 heterocycles. The van der Waals surface area contributed by atoms with E-state index in [9.17, 15) is 0 Å². The normalized spacial score (nSPS) is 13.3. The maximum Gasteiger partial charge on any atom is 0.342 e. The van der Waals surface area contributed by atoms with Crippen LogP contribution < -0.4 is 4.67 Å². The maximum atomic E-state index is 4.87. The molecule has 0 radical (unpaired) electrons. The number of fused-ring (bicyclic) bond motifs is 2. The highest BCUT2D eigenvalue weighted by Crippen LogP contribution is 2.46. The molecular formula is C39H33N4+. The van der Waals surface area contributed by atoms with E-state index in [0.29, 0.717) is 5.92 Å². The molecule has 0 saturated heterocycles. The second-order valence-electron chi connectivity index (χ2n) is 11.1. The minimum atomic E-state index is 0.517. The Labute approximate surface area is 252 Å². The SMILES string of the molecule is CCCC(CC)c1ccc2c(-c3ccncc3-c3ccncc3)c3ccccc3c(C3=CC=[N+]=C3c3ccncc3)c2c1. The van der Waals surface area contributed by atoms with E-state index in [1.54, 1.807) is 0 Å². The molecule has 0 fully saturated rings. The molecule has 43 heavy (non-hydrogen) atoms. The van der Waals surface area contributed by atoms with Crippen molar-refractivity contribution in [3.63, 3.8) is 0 Å². The molecule has 6 aromatic rings. The lowest BCUT2D eigenvalue weighted by Crippen LogP contribution is -2.07. The van der Waals surface area contributed by atoms with Crippen molar-refractivity contribution in [1.29, 1.82) is 0 Å². The number of pyridine rings is 3. The zero-order valence-electron chi connectivity index (χ0n) is 24.5. The average Bonchev–Trinajstić information content (AvgIpc) is 3.56. The van der Waals surface area contributed by atoms with Crippen LogP contribution in [0.4, 0.5) is 0 Å². The van der Waals surface area contributed by atoms with Crippen molar-refractivity contribution < 1.29 is 0 Å². The minimum Gasteiger partial charge on any atom is -0.265 e. The Balaban J connectivity index is 1.58. The van der Waals surface area contributed by atoms with Gasteiger partial charge in [-0.25, -0.2) is 0 Å². The number of nitrogens with zero attached hydrogens (tertiary/aromatic N) is 4. The van der Waals surface area contributed by atoms with Gasteiger partial charge in [-0.1, -0.05) is 67.4 Å². The molecule has 208 valence electrons. The monoisotopic (exact) mass is 557 g/mol. The molecule has 1 atom stereocenters. The minimum absolute atomic E-state index is 0.517. The summed E-state index contributed by atoms with van der Waals surface area (Å²) in [6.45, 7) is 4.58. The third-order valence-electron chi connectivity index (χ3n) is 8.65. The van der Waals surface area contributed by atoms with Crippen LogP contribution in [0, 0.1) is 0 Å². The van der Waals surface area contributed by atoms with Crippen LogP contribution in [0.3, 0.4) is 0 Å². The Bertz CT molecular complexity index is 2050. The lowest BCUT2D eigenvalue weighted by atomic mass is 9.81. The molecule has 0 amide bonds. The van der Waals surface area contributed by atoms with E-state index in [-0.39, 0.29) is 0 Å². The molecule has 3 aromatic carbocycles. The zero-order valence-corrected chi connectivity index (χ0v) is 24.5. The van der Waals surface area contributed by atoms with Crippen LogP contribution in [0.15, 0.2) is 116 Å². The number of aromatic nitrogens is 3. The van der Waals surface area contributed by atoms with Gasteiger partial charge in [0.05, 0.1) is 11.1 Å². The van der Waals surface area contributed by atoms with Crippen molar-refractivity contribution in [3.8, 4) is 22.3 Å². The van der Waals surface area contributed by atoms with Gasteiger partial charge in [-0.3, -0.25) is 15.0 Å². The van der Waals surface area contributed by atoms with Gasteiger partial charge in [-0.15, -0.1) is 0 Å². The third kappa shape index (κ3) is 4.76. The van der Waals surface area contributed by atoms with Gasteiger partial charge < -0.3 is 0 Å². The highest BCUT2D eigenvalue weighted by atomic mass is 14.6. The molecular weight excluding hydrogens is 524 g/mol. The smallest absolute Gasteiger partial charge is 0.265 e. The summed E-state index contributed by atoms with van der Waals surface area (Å²) in [4.78, 5) is 13.1. The number of rotatable bonds is 8. The van der Waals surface area contributed by atoms with Gasteiger partial charge in [0.2, 0.25) is 0 Å². The Morgan fingerprint density at radius 1 is 0.651 bits per heavy atom. The Morgan fingerprint density at radius 3 is 2.05 bits per heavy atom. The van der Waals surface area contributed by atoms with E-state index in [1.807, 2.05) is 55.5 Å². The van der Waals surface area contributed by atoms with Crippen molar-refractivity contribution in [2.75, 3.05) is 0 Å². The number of allylic oxidation sites excluding steroid dienone is 2. The molecule has 4 heteroatoms. The molecule has 1 aliphatic rings. The molecule has 4 nitrogen and oxygen atoms in total. The van der Waals surface area contributed by atoms with Crippen molar-refractivity contribution >= 4 is 39.0 Å². The van der Waals surface area contributed by atoms with Crippen LogP contribution in [-0.2, 0) is 0 Å². The quantitative estimate of drug-likeness (QED) is 0.139. The average molecular weight is 558 g/mol. The fourth-order valence-electron chi connectivity index (χ4n) is 6.64. The molecule has 0 bridgehead atoms. The Hall–Kier alpha value is -5.18. The van der Waals surface area contributed by atoms with Crippen LogP contribution in [0.2, 0.25) is 0 Å². The molecule has 0 spiro atoms. The summed E-state index contributed by atoms with van der Waals surface area (Å²) >= 11 is 0. The highest BCUT2D eigenvalue weighted by molar-refractivity contribution is 6.40. The summed E-state index contributed by atoms with van der Waals surface area (Å²) in [6.07, 6.45) is 18.8. The van der Waals surface area contributed by atoms with Crippen molar-refractivity contribution in [2.45, 2.75) is 39.0 Å². The maximum absolute atomic E-state index is 4.87. The first-order valence-electron chi connectivity index (χ1n) is 15.1. The van der Waals surface area contributed by atoms with Crippen LogP contribution in [0.5, 0.6) is 0 Å². The molecule has 3 aromatic heterocycles. The van der Waals surface area contributed by atoms with E-state index >= 15 is 0 Å². The van der Waals surface area contributed by atoms with Crippen LogP contribution in [0.25, 0.3) is 49.4 Å². The summed E-state index contributed by atoms with van der Waals surface area (Å²) in [5.74, 6) is 0.517. The third-order valence-corrected chi connectivity index (χ3v) is 8.65. The summed E-state index contributed by atoms with van der Waals surface area (Å²) < 4.78 is 4.87. The molecule has 7 rings (SSSR count). The number of hydrogen-bond donors (Lipinski definition) is 0. The molecule has 0 saturated carbocycles. The first kappa shape index (κ1) is 26.7. The first-order valence-corrected chi connectivity index (χ1v) is 15.1. The van der Waals surface area contributed by atoms with Gasteiger partial charge >= 0.3 is 5.71 Å². The van der Waals surface area contributed by atoms with E-state index in [1.165, 1.54) is 44.7 Å². The lowest BCUT2D eigenvalue weighted by molar-refractivity contribution is 0.596. The number of hydrogen-bond acceptors (Lipinski definition) is 3. The second-order valence-corrected chi connectivity index (χ2v) is 11.1. The van der Waals surface area contributed by atoms with Crippen molar-refractivity contribution in [1.82, 2.24) is 19.6 Å². The van der Waals surface area contributed by atoms with E-state index in [0.717, 1.165) is 46.4 Å². The number of benzene rings is 3. The van der Waals surface area contributed by atoms with Gasteiger partial charge in [0.25, 0.3) is 6.21 Å². The van der Waals surface area contributed by atoms with Gasteiger partial charge in [0.15, 0.2) is 0 Å². The highest BCUT2D eigenvalue weighted by Gasteiger charge is 2.29. The summed E-state index contributed by atoms with van der Waals surface area (Å²) in [5, 5.41) is 4.90. The molecule has 1 unspecified atom stereocenters. The van der Waals surface area contributed by atoms with Crippen molar-refractivity contribution in [3.05, 3.63) is 133 Å². The molecule has 1 aliphatic heterocycles. The topological polar surface area (TPSA) is 52.8 Å². The van der Waals surface area contributed by atoms with Gasteiger partial charge in [0, 0.05) is 54.4 Å². The summed E-state index contributed by atoms with van der Waals surface area (Å²) in [7, 11) is 0. The van der Waals surface area contributed by atoms with Crippen molar-refractivity contribution in [2.24, 2.45) is 0 Å². The van der Waals surface area contributed by atoms with Gasteiger partial charge in [-0.05, 0) is 92.9 Å². The van der Waals surface area contributed by atoms with E-state index < -0.39 is 0 Å². The first-order chi connectivity index (χ1) is 21.3. The second kappa shape index (κ2) is 11.6. The Morgan fingerprint density at radius 2 is 1.33 bits per heavy atom. The van der Waals surface area contributed by atoms with E-state index in [2.05, 4.69) is 95.5 Å². The fraction of sp³-hybridized carbons (Fsp3) is 0.154. The largest absolute Gasteiger partial charge is 0.342 e. The fourth-order valence-corrected chi connectivity index (χ4v) is 6.64.